The van der Waals surface area contributed by atoms with Crippen molar-refractivity contribution in [2.24, 2.45) is 0 Å². The highest BCUT2D eigenvalue weighted by molar-refractivity contribution is 6.33. The summed E-state index contributed by atoms with van der Waals surface area (Å²) in [6.45, 7) is 1.87. The highest BCUT2D eigenvalue weighted by Gasteiger charge is 2.07. The number of anilines is 1. The number of hydrogen-bond acceptors (Lipinski definition) is 2. The minimum absolute atomic E-state index is 0.339. The Bertz CT molecular complexity index is 360. The molecule has 0 radical (unpaired) electrons. The van der Waals surface area contributed by atoms with Crippen molar-refractivity contribution in [3.63, 3.8) is 0 Å². The van der Waals surface area contributed by atoms with E-state index in [0.717, 1.165) is 0 Å². The molecule has 0 heterocycles. The average molecular weight is 213 g/mol. The topological polar surface area (TPSA) is 35.8 Å². The first kappa shape index (κ1) is 10.8. The molecule has 0 fully saturated rings. The maximum absolute atomic E-state index is 12.8. The minimum Gasteiger partial charge on any atom is -0.369 e. The fourth-order valence-corrected chi connectivity index (χ4v) is 1.19. The van der Waals surface area contributed by atoms with Gasteiger partial charge in [-0.05, 0) is 24.6 Å². The van der Waals surface area contributed by atoms with E-state index in [-0.39, 0.29) is 11.9 Å². The zero-order chi connectivity index (χ0) is 10.6. The molecule has 0 aliphatic heterocycles. The fourth-order valence-electron chi connectivity index (χ4n) is 1.02. The predicted molar refractivity (Wildman–Crippen MR) is 54.7 cm³/mol. The van der Waals surface area contributed by atoms with E-state index < -0.39 is 0 Å². The first-order valence-corrected chi connectivity index (χ1v) is 4.66. The summed E-state index contributed by atoms with van der Waals surface area (Å²) in [5.41, 5.74) is 0.458. The van der Waals surface area contributed by atoms with Gasteiger partial charge in [0.1, 0.15) is 11.9 Å². The van der Waals surface area contributed by atoms with Gasteiger partial charge < -0.3 is 5.32 Å². The molecular weight excluding hydrogens is 203 g/mol. The standard InChI is InChI=1S/C10H10ClFN2/c1-2-8(6-13)14-10-5-7(12)3-4-9(10)11/h3-5,8,14H,2H2,1H3. The zero-order valence-electron chi connectivity index (χ0n) is 7.72. The van der Waals surface area contributed by atoms with Gasteiger partial charge in [-0.2, -0.15) is 5.26 Å². The number of nitriles is 1. The molecule has 1 unspecified atom stereocenters. The number of benzene rings is 1. The highest BCUT2D eigenvalue weighted by atomic mass is 35.5. The second-order valence-corrected chi connectivity index (χ2v) is 3.27. The fraction of sp³-hybridized carbons (Fsp3) is 0.300. The monoisotopic (exact) mass is 212 g/mol. The summed E-state index contributed by atoms with van der Waals surface area (Å²) >= 11 is 5.82. The van der Waals surface area contributed by atoms with Crippen LogP contribution in [0.5, 0.6) is 0 Å². The Kier molecular flexibility index (Phi) is 3.73. The van der Waals surface area contributed by atoms with Gasteiger partial charge in [0.25, 0.3) is 0 Å². The molecule has 0 bridgehead atoms. The van der Waals surface area contributed by atoms with E-state index in [4.69, 9.17) is 16.9 Å². The molecule has 74 valence electrons. The Labute approximate surface area is 87.3 Å². The lowest BCUT2D eigenvalue weighted by molar-refractivity contribution is 0.628. The summed E-state index contributed by atoms with van der Waals surface area (Å²) in [7, 11) is 0. The molecule has 1 atom stereocenters. The van der Waals surface area contributed by atoms with Crippen molar-refractivity contribution in [3.05, 3.63) is 29.0 Å². The van der Waals surface area contributed by atoms with Crippen molar-refractivity contribution in [3.8, 4) is 6.07 Å². The molecule has 0 aromatic heterocycles. The van der Waals surface area contributed by atoms with Gasteiger partial charge in [0.15, 0.2) is 0 Å². The van der Waals surface area contributed by atoms with Crippen LogP contribution < -0.4 is 5.32 Å². The van der Waals surface area contributed by atoms with E-state index in [1.54, 1.807) is 0 Å². The molecule has 14 heavy (non-hydrogen) atoms. The quantitative estimate of drug-likeness (QED) is 0.835. The van der Waals surface area contributed by atoms with Crippen molar-refractivity contribution in [1.82, 2.24) is 0 Å². The average Bonchev–Trinajstić information content (AvgIpc) is 2.19. The molecule has 0 spiro atoms. The Balaban J connectivity index is 2.86. The molecular formula is C10H10ClFN2. The van der Waals surface area contributed by atoms with E-state index in [2.05, 4.69) is 11.4 Å². The smallest absolute Gasteiger partial charge is 0.125 e. The van der Waals surface area contributed by atoms with Crippen molar-refractivity contribution in [2.75, 3.05) is 5.32 Å². The van der Waals surface area contributed by atoms with Crippen molar-refractivity contribution < 1.29 is 4.39 Å². The lowest BCUT2D eigenvalue weighted by atomic mass is 10.2. The van der Waals surface area contributed by atoms with E-state index in [0.29, 0.717) is 17.1 Å². The number of nitrogens with zero attached hydrogens (tertiary/aromatic N) is 1. The van der Waals surface area contributed by atoms with Gasteiger partial charge in [0.2, 0.25) is 0 Å². The number of rotatable bonds is 3. The normalized spacial score (nSPS) is 11.9. The molecule has 4 heteroatoms. The van der Waals surface area contributed by atoms with Crippen molar-refractivity contribution in [2.45, 2.75) is 19.4 Å². The van der Waals surface area contributed by atoms with Crippen LogP contribution in [0.3, 0.4) is 0 Å². The molecule has 1 rings (SSSR count). The van der Waals surface area contributed by atoms with Crippen LogP contribution in [0.2, 0.25) is 5.02 Å². The number of halogens is 2. The van der Waals surface area contributed by atoms with E-state index in [9.17, 15) is 4.39 Å². The lowest BCUT2D eigenvalue weighted by Gasteiger charge is -2.11. The second kappa shape index (κ2) is 4.83. The first-order chi connectivity index (χ1) is 6.67. The van der Waals surface area contributed by atoms with Crippen LogP contribution in [0.1, 0.15) is 13.3 Å². The van der Waals surface area contributed by atoms with Gasteiger partial charge in [-0.15, -0.1) is 0 Å². The maximum Gasteiger partial charge on any atom is 0.125 e. The molecule has 0 saturated carbocycles. The maximum atomic E-state index is 12.8. The second-order valence-electron chi connectivity index (χ2n) is 2.86. The summed E-state index contributed by atoms with van der Waals surface area (Å²) < 4.78 is 12.8. The molecule has 0 aliphatic rings. The van der Waals surface area contributed by atoms with Crippen molar-refractivity contribution in [1.29, 1.82) is 5.26 Å². The number of hydrogen-bond donors (Lipinski definition) is 1. The summed E-state index contributed by atoms with van der Waals surface area (Å²) in [5, 5.41) is 12.0. The zero-order valence-corrected chi connectivity index (χ0v) is 8.48. The SMILES string of the molecule is CCC(C#N)Nc1cc(F)ccc1Cl. The first-order valence-electron chi connectivity index (χ1n) is 4.28. The van der Waals surface area contributed by atoms with Gasteiger partial charge in [0, 0.05) is 0 Å². The van der Waals surface area contributed by atoms with Crippen LogP contribution in [0, 0.1) is 17.1 Å². The van der Waals surface area contributed by atoms with Crippen LogP contribution >= 0.6 is 11.6 Å². The molecule has 0 saturated heterocycles. The number of nitrogens with one attached hydrogen (secondary N) is 1. The van der Waals surface area contributed by atoms with Gasteiger partial charge in [-0.3, -0.25) is 0 Å². The third-order valence-corrected chi connectivity index (χ3v) is 2.15. The third kappa shape index (κ3) is 2.61. The van der Waals surface area contributed by atoms with E-state index in [1.807, 2.05) is 6.92 Å². The largest absolute Gasteiger partial charge is 0.369 e. The van der Waals surface area contributed by atoms with Gasteiger partial charge in [-0.1, -0.05) is 18.5 Å². The molecule has 1 aromatic carbocycles. The Morgan fingerprint density at radius 1 is 1.64 bits per heavy atom. The van der Waals surface area contributed by atoms with Crippen LogP contribution in [-0.2, 0) is 0 Å². The summed E-state index contributed by atoms with van der Waals surface area (Å²) in [6.07, 6.45) is 0.642. The van der Waals surface area contributed by atoms with E-state index in [1.165, 1.54) is 18.2 Å². The molecule has 0 amide bonds. The Hall–Kier alpha value is -1.27. The highest BCUT2D eigenvalue weighted by Crippen LogP contribution is 2.23. The molecule has 0 aliphatic carbocycles. The lowest BCUT2D eigenvalue weighted by Crippen LogP contribution is -2.15. The van der Waals surface area contributed by atoms with Gasteiger partial charge >= 0.3 is 0 Å². The van der Waals surface area contributed by atoms with Crippen LogP contribution in [0.15, 0.2) is 18.2 Å². The van der Waals surface area contributed by atoms with Gasteiger partial charge in [-0.25, -0.2) is 4.39 Å². The van der Waals surface area contributed by atoms with Crippen LogP contribution in [0.25, 0.3) is 0 Å². The molecule has 1 aromatic rings. The Morgan fingerprint density at radius 2 is 2.36 bits per heavy atom. The van der Waals surface area contributed by atoms with Crippen LogP contribution in [-0.4, -0.2) is 6.04 Å². The minimum atomic E-state index is -0.371. The third-order valence-electron chi connectivity index (χ3n) is 1.82. The van der Waals surface area contributed by atoms with E-state index >= 15 is 0 Å². The van der Waals surface area contributed by atoms with Gasteiger partial charge in [0.05, 0.1) is 16.8 Å². The summed E-state index contributed by atoms with van der Waals surface area (Å²) in [5.74, 6) is -0.371. The predicted octanol–water partition coefficient (Wildman–Crippen LogP) is 3.19. The van der Waals surface area contributed by atoms with Crippen LogP contribution in [0.4, 0.5) is 10.1 Å². The molecule has 2 nitrogen and oxygen atoms in total. The summed E-state index contributed by atoms with van der Waals surface area (Å²) in [6, 6.07) is 5.74. The summed E-state index contributed by atoms with van der Waals surface area (Å²) in [4.78, 5) is 0. The molecule has 1 N–H and O–H groups in total. The Morgan fingerprint density at radius 3 is 2.93 bits per heavy atom. The van der Waals surface area contributed by atoms with Crippen molar-refractivity contribution >= 4 is 17.3 Å².